The smallest absolute Gasteiger partial charge is 0.319 e. The largest absolute Gasteiger partial charge is 0.378 e. The Hall–Kier alpha value is -3.56. The van der Waals surface area contributed by atoms with Crippen LogP contribution in [0.2, 0.25) is 0 Å². The van der Waals surface area contributed by atoms with Gasteiger partial charge in [0.15, 0.2) is 0 Å². The molecule has 0 unspecified atom stereocenters. The van der Waals surface area contributed by atoms with Crippen LogP contribution in [0.5, 0.6) is 0 Å². The highest BCUT2D eigenvalue weighted by Crippen LogP contribution is 2.23. The second kappa shape index (κ2) is 11.3. The van der Waals surface area contributed by atoms with E-state index in [0.29, 0.717) is 44.1 Å². The first-order chi connectivity index (χ1) is 16.2. The second-order valence-corrected chi connectivity index (χ2v) is 8.26. The Morgan fingerprint density at radius 3 is 2.39 bits per heavy atom. The zero-order valence-corrected chi connectivity index (χ0v) is 18.8. The van der Waals surface area contributed by atoms with Gasteiger partial charge in [0.25, 0.3) is 5.91 Å². The summed E-state index contributed by atoms with van der Waals surface area (Å²) in [4.78, 5) is 31.4. The highest BCUT2D eigenvalue weighted by atomic mass is 32.2. The fourth-order valence-electron chi connectivity index (χ4n) is 3.21. The second-order valence-electron chi connectivity index (χ2n) is 7.38. The maximum Gasteiger partial charge on any atom is 0.319 e. The van der Waals surface area contributed by atoms with Gasteiger partial charge in [-0.05, 0) is 72.1 Å². The lowest BCUT2D eigenvalue weighted by Gasteiger charge is -2.26. The molecule has 1 aromatic heterocycles. The molecule has 4 rings (SSSR count). The molecule has 170 valence electrons. The molecule has 0 atom stereocenters. The van der Waals surface area contributed by atoms with E-state index in [2.05, 4.69) is 20.3 Å². The number of anilines is 2. The van der Waals surface area contributed by atoms with Gasteiger partial charge in [0.05, 0.1) is 13.2 Å². The van der Waals surface area contributed by atoms with E-state index in [-0.39, 0.29) is 11.9 Å². The van der Waals surface area contributed by atoms with Crippen LogP contribution in [0.25, 0.3) is 0 Å². The zero-order chi connectivity index (χ0) is 22.9. The van der Waals surface area contributed by atoms with Gasteiger partial charge in [0.1, 0.15) is 0 Å². The molecule has 0 bridgehead atoms. The molecule has 1 aliphatic rings. The number of ether oxygens (including phenoxy) is 1. The average molecular weight is 464 g/mol. The first kappa shape index (κ1) is 22.6. The number of morpholine rings is 1. The standard InChI is InChI=1S/C24H25N5O3S/c30-23(29-12-14-32-15-13-29)19-3-9-22(10-4-19)33-28-21-7-5-20(6-8-21)27-24(31)26-17-18-2-1-11-25-16-18/h1-11,16,28H,12-15,17H2,(H2,26,27,31). The van der Waals surface area contributed by atoms with Crippen molar-refractivity contribution in [1.82, 2.24) is 15.2 Å². The summed E-state index contributed by atoms with van der Waals surface area (Å²) in [5.74, 6) is 0.0374. The lowest BCUT2D eigenvalue weighted by atomic mass is 10.2. The number of benzene rings is 2. The average Bonchev–Trinajstić information content (AvgIpc) is 2.88. The van der Waals surface area contributed by atoms with Gasteiger partial charge in [-0.25, -0.2) is 4.79 Å². The monoisotopic (exact) mass is 463 g/mol. The highest BCUT2D eigenvalue weighted by Gasteiger charge is 2.18. The van der Waals surface area contributed by atoms with Gasteiger partial charge in [-0.3, -0.25) is 9.78 Å². The number of amides is 3. The van der Waals surface area contributed by atoms with Gasteiger partial charge in [-0.1, -0.05) is 6.07 Å². The first-order valence-corrected chi connectivity index (χ1v) is 11.4. The Bertz CT molecular complexity index is 1060. The van der Waals surface area contributed by atoms with Crippen LogP contribution in [0.1, 0.15) is 15.9 Å². The molecule has 1 saturated heterocycles. The van der Waals surface area contributed by atoms with Crippen molar-refractivity contribution in [3.63, 3.8) is 0 Å². The fraction of sp³-hybridized carbons (Fsp3) is 0.208. The number of aromatic nitrogens is 1. The van der Waals surface area contributed by atoms with Gasteiger partial charge >= 0.3 is 6.03 Å². The van der Waals surface area contributed by atoms with Gasteiger partial charge in [-0.15, -0.1) is 0 Å². The summed E-state index contributed by atoms with van der Waals surface area (Å²) in [6, 6.07) is 18.4. The van der Waals surface area contributed by atoms with Crippen molar-refractivity contribution >= 4 is 35.3 Å². The lowest BCUT2D eigenvalue weighted by molar-refractivity contribution is 0.0303. The predicted octanol–water partition coefficient (Wildman–Crippen LogP) is 3.99. The Morgan fingerprint density at radius 2 is 1.70 bits per heavy atom. The van der Waals surface area contributed by atoms with E-state index in [1.165, 1.54) is 11.9 Å². The maximum absolute atomic E-state index is 12.5. The normalized spacial score (nSPS) is 13.3. The molecule has 0 aliphatic carbocycles. The molecule has 1 fully saturated rings. The van der Waals surface area contributed by atoms with E-state index in [4.69, 9.17) is 4.74 Å². The number of carbonyl (C=O) groups excluding carboxylic acids is 2. The van der Waals surface area contributed by atoms with E-state index in [9.17, 15) is 9.59 Å². The summed E-state index contributed by atoms with van der Waals surface area (Å²) in [7, 11) is 0. The van der Waals surface area contributed by atoms with Crippen LogP contribution in [-0.2, 0) is 11.3 Å². The minimum Gasteiger partial charge on any atom is -0.378 e. The third kappa shape index (κ3) is 6.71. The van der Waals surface area contributed by atoms with E-state index in [1.54, 1.807) is 12.4 Å². The number of nitrogens with zero attached hydrogens (tertiary/aromatic N) is 2. The third-order valence-electron chi connectivity index (χ3n) is 5.00. The molecule has 3 aromatic rings. The summed E-state index contributed by atoms with van der Waals surface area (Å²) in [5, 5.41) is 5.61. The van der Waals surface area contributed by atoms with Crippen LogP contribution < -0.4 is 15.4 Å². The maximum atomic E-state index is 12.5. The molecular weight excluding hydrogens is 438 g/mol. The van der Waals surface area contributed by atoms with Crippen LogP contribution in [0.15, 0.2) is 78.0 Å². The Labute approximate surface area is 196 Å². The molecule has 9 heteroatoms. The van der Waals surface area contributed by atoms with E-state index in [1.807, 2.05) is 65.6 Å². The predicted molar refractivity (Wildman–Crippen MR) is 129 cm³/mol. The molecule has 0 saturated carbocycles. The van der Waals surface area contributed by atoms with Crippen molar-refractivity contribution in [2.24, 2.45) is 0 Å². The topological polar surface area (TPSA) is 95.6 Å². The molecule has 3 amide bonds. The van der Waals surface area contributed by atoms with Crippen molar-refractivity contribution in [2.75, 3.05) is 36.3 Å². The number of urea groups is 1. The van der Waals surface area contributed by atoms with Crippen molar-refractivity contribution in [1.29, 1.82) is 0 Å². The molecule has 2 heterocycles. The summed E-state index contributed by atoms with van der Waals surface area (Å²) in [5.41, 5.74) is 3.20. The summed E-state index contributed by atoms with van der Waals surface area (Å²) >= 11 is 1.45. The van der Waals surface area contributed by atoms with Crippen molar-refractivity contribution < 1.29 is 14.3 Å². The SMILES string of the molecule is O=C(NCc1cccnc1)Nc1ccc(NSc2ccc(C(=O)N3CCOCC3)cc2)cc1. The Kier molecular flexibility index (Phi) is 7.78. The summed E-state index contributed by atoms with van der Waals surface area (Å²) < 4.78 is 8.57. The van der Waals surface area contributed by atoms with Crippen LogP contribution >= 0.6 is 11.9 Å². The van der Waals surface area contributed by atoms with Crippen molar-refractivity contribution in [3.8, 4) is 0 Å². The lowest BCUT2D eigenvalue weighted by Crippen LogP contribution is -2.40. The quantitative estimate of drug-likeness (QED) is 0.459. The minimum atomic E-state index is -0.277. The number of hydrogen-bond acceptors (Lipinski definition) is 6. The molecule has 1 aliphatic heterocycles. The molecular formula is C24H25N5O3S. The van der Waals surface area contributed by atoms with Crippen molar-refractivity contribution in [3.05, 3.63) is 84.2 Å². The molecule has 0 radical (unpaired) electrons. The number of nitrogens with one attached hydrogen (secondary N) is 3. The summed E-state index contributed by atoms with van der Waals surface area (Å²) in [6.07, 6.45) is 3.41. The van der Waals surface area contributed by atoms with Gasteiger partial charge in [-0.2, -0.15) is 0 Å². The first-order valence-electron chi connectivity index (χ1n) is 10.6. The third-order valence-corrected chi connectivity index (χ3v) is 5.85. The molecule has 8 nitrogen and oxygen atoms in total. The minimum absolute atomic E-state index is 0.0374. The summed E-state index contributed by atoms with van der Waals surface area (Å²) in [6.45, 7) is 2.86. The fourth-order valence-corrected chi connectivity index (χ4v) is 3.86. The molecule has 33 heavy (non-hydrogen) atoms. The van der Waals surface area contributed by atoms with Gasteiger partial charge in [0.2, 0.25) is 0 Å². The van der Waals surface area contributed by atoms with E-state index >= 15 is 0 Å². The molecule has 2 aromatic carbocycles. The number of rotatable bonds is 7. The van der Waals surface area contributed by atoms with Gasteiger partial charge in [0, 0.05) is 53.9 Å². The molecule has 3 N–H and O–H groups in total. The number of pyridine rings is 1. The number of hydrogen-bond donors (Lipinski definition) is 3. The van der Waals surface area contributed by atoms with Gasteiger partial charge < -0.3 is 25.0 Å². The Balaban J connectivity index is 1.22. The van der Waals surface area contributed by atoms with Crippen LogP contribution in [0.3, 0.4) is 0 Å². The van der Waals surface area contributed by atoms with Crippen LogP contribution in [-0.4, -0.2) is 48.1 Å². The van der Waals surface area contributed by atoms with E-state index < -0.39 is 0 Å². The number of carbonyl (C=O) groups is 2. The van der Waals surface area contributed by atoms with E-state index in [0.717, 1.165) is 16.1 Å². The zero-order valence-electron chi connectivity index (χ0n) is 18.0. The highest BCUT2D eigenvalue weighted by molar-refractivity contribution is 8.00. The Morgan fingerprint density at radius 1 is 0.970 bits per heavy atom. The van der Waals surface area contributed by atoms with Crippen LogP contribution in [0, 0.1) is 0 Å². The molecule has 0 spiro atoms. The van der Waals surface area contributed by atoms with Crippen molar-refractivity contribution in [2.45, 2.75) is 11.4 Å². The van der Waals surface area contributed by atoms with Crippen LogP contribution in [0.4, 0.5) is 16.2 Å².